The second kappa shape index (κ2) is 16.3. The Balaban J connectivity index is 0.828. The van der Waals surface area contributed by atoms with Crippen LogP contribution in [0, 0.1) is 17.7 Å². The van der Waals surface area contributed by atoms with Crippen molar-refractivity contribution in [2.75, 3.05) is 33.0 Å². The first-order valence-electron chi connectivity index (χ1n) is 18.4. The topological polar surface area (TPSA) is 153 Å². The number of fused-ring (bicyclic) bond motifs is 2. The van der Waals surface area contributed by atoms with Gasteiger partial charge in [0.25, 0.3) is 17.7 Å². The SMILES string of the molecule is O=C1CCC(N2C(=O)c3ccc(OCCOCCOCC4CCC([C@H]5C(NC(=O)c6cccc(C(F)(F)F)c6)=Nc6cc(F)ccc65)CC4)cc3C2=O)C(=O)N1. The molecule has 2 N–H and O–H groups in total. The Morgan fingerprint density at radius 1 is 0.857 bits per heavy atom. The molecule has 16 heteroatoms. The summed E-state index contributed by atoms with van der Waals surface area (Å²) < 4.78 is 71.2. The lowest BCUT2D eigenvalue weighted by molar-refractivity contribution is -0.138. The number of carbonyl (C=O) groups is 5. The number of halogens is 4. The number of ether oxygens (including phenoxy) is 3. The van der Waals surface area contributed by atoms with E-state index in [0.29, 0.717) is 37.1 Å². The molecular weight excluding hydrogens is 740 g/mol. The van der Waals surface area contributed by atoms with Crippen LogP contribution < -0.4 is 15.4 Å². The fourth-order valence-electron chi connectivity index (χ4n) is 7.75. The normalized spacial score (nSPS) is 22.1. The number of hydrogen-bond acceptors (Lipinski definition) is 9. The van der Waals surface area contributed by atoms with Gasteiger partial charge in [-0.25, -0.2) is 9.38 Å². The van der Waals surface area contributed by atoms with Crippen LogP contribution in [0.25, 0.3) is 0 Å². The van der Waals surface area contributed by atoms with E-state index in [4.69, 9.17) is 14.2 Å². The monoisotopic (exact) mass is 778 g/mol. The third-order valence-electron chi connectivity index (χ3n) is 10.6. The minimum atomic E-state index is -4.60. The Bertz CT molecular complexity index is 2080. The minimum absolute atomic E-state index is 0.0343. The van der Waals surface area contributed by atoms with E-state index in [2.05, 4.69) is 15.6 Å². The van der Waals surface area contributed by atoms with Crippen molar-refractivity contribution < 1.29 is 55.7 Å². The van der Waals surface area contributed by atoms with Crippen LogP contribution in [0.4, 0.5) is 23.2 Å². The number of benzene rings is 3. The van der Waals surface area contributed by atoms with E-state index in [1.165, 1.54) is 36.4 Å². The van der Waals surface area contributed by atoms with Gasteiger partial charge in [-0.2, -0.15) is 13.2 Å². The van der Waals surface area contributed by atoms with E-state index in [-0.39, 0.29) is 60.5 Å². The van der Waals surface area contributed by atoms with E-state index < -0.39 is 53.1 Å². The molecule has 3 aliphatic heterocycles. The number of amides is 5. The van der Waals surface area contributed by atoms with Crippen molar-refractivity contribution in [2.24, 2.45) is 16.8 Å². The molecule has 1 unspecified atom stereocenters. The molecule has 56 heavy (non-hydrogen) atoms. The van der Waals surface area contributed by atoms with Gasteiger partial charge in [-0.3, -0.25) is 34.2 Å². The third-order valence-corrected chi connectivity index (χ3v) is 10.6. The van der Waals surface area contributed by atoms with Crippen molar-refractivity contribution in [3.63, 3.8) is 0 Å². The number of nitrogens with zero attached hydrogens (tertiary/aromatic N) is 2. The van der Waals surface area contributed by atoms with Crippen LogP contribution in [0.5, 0.6) is 5.75 Å². The maximum atomic E-state index is 14.1. The van der Waals surface area contributed by atoms with Gasteiger partial charge in [-0.15, -0.1) is 0 Å². The summed E-state index contributed by atoms with van der Waals surface area (Å²) in [7, 11) is 0. The van der Waals surface area contributed by atoms with Crippen LogP contribution >= 0.6 is 0 Å². The van der Waals surface area contributed by atoms with Crippen LogP contribution in [0.3, 0.4) is 0 Å². The quantitative estimate of drug-likeness (QED) is 0.135. The average Bonchev–Trinajstić information content (AvgIpc) is 3.64. The van der Waals surface area contributed by atoms with Gasteiger partial charge in [0.05, 0.1) is 42.2 Å². The molecular formula is C40H38F4N4O8. The highest BCUT2D eigenvalue weighted by molar-refractivity contribution is 6.23. The van der Waals surface area contributed by atoms with Crippen LogP contribution in [0.15, 0.2) is 65.7 Å². The zero-order chi connectivity index (χ0) is 39.6. The largest absolute Gasteiger partial charge is 0.491 e. The predicted molar refractivity (Wildman–Crippen MR) is 191 cm³/mol. The zero-order valence-electron chi connectivity index (χ0n) is 30.0. The fraction of sp³-hybridized carbons (Fsp3) is 0.400. The van der Waals surface area contributed by atoms with E-state index >= 15 is 0 Å². The Morgan fingerprint density at radius 3 is 2.38 bits per heavy atom. The summed E-state index contributed by atoms with van der Waals surface area (Å²) in [5.41, 5.74) is 0.353. The zero-order valence-corrected chi connectivity index (χ0v) is 30.0. The first kappa shape index (κ1) is 38.8. The number of nitrogens with one attached hydrogen (secondary N) is 2. The molecule has 1 aliphatic carbocycles. The fourth-order valence-corrected chi connectivity index (χ4v) is 7.75. The van der Waals surface area contributed by atoms with Gasteiger partial charge < -0.3 is 19.5 Å². The average molecular weight is 779 g/mol. The van der Waals surface area contributed by atoms with Gasteiger partial charge in [0, 0.05) is 24.5 Å². The highest BCUT2D eigenvalue weighted by Crippen LogP contribution is 2.45. The van der Waals surface area contributed by atoms with Crippen molar-refractivity contribution in [1.82, 2.24) is 15.5 Å². The standard InChI is InChI=1S/C40H38F4N4O8/c41-26-8-10-29-31(19-26)45-35(47-36(50)24-2-1-3-25(18-24)40(42,43)44)34(29)23-6-4-22(5-7-23)21-55-15-14-54-16-17-56-27-9-11-28-30(20-27)39(53)48(38(28)52)32-12-13-33(49)46-37(32)51/h1-3,8-11,18-20,22-23,32,34H,4-7,12-17,21H2,(H,45,47,50)(H,46,49,51)/t22?,23?,32?,34-/m1/s1. The summed E-state index contributed by atoms with van der Waals surface area (Å²) in [6, 6.07) is 11.9. The van der Waals surface area contributed by atoms with E-state index in [1.54, 1.807) is 12.1 Å². The molecule has 3 heterocycles. The van der Waals surface area contributed by atoms with Crippen molar-refractivity contribution in [3.8, 4) is 5.75 Å². The third kappa shape index (κ3) is 8.35. The number of hydrogen-bond donors (Lipinski definition) is 2. The summed E-state index contributed by atoms with van der Waals surface area (Å²) in [4.78, 5) is 68.2. The summed E-state index contributed by atoms with van der Waals surface area (Å²) in [5, 5.41) is 4.89. The lowest BCUT2D eigenvalue weighted by Crippen LogP contribution is -2.54. The van der Waals surface area contributed by atoms with E-state index in [9.17, 15) is 41.5 Å². The van der Waals surface area contributed by atoms with Gasteiger partial charge in [0.2, 0.25) is 11.8 Å². The smallest absolute Gasteiger partial charge is 0.416 e. The number of alkyl halides is 3. The molecule has 0 bridgehead atoms. The summed E-state index contributed by atoms with van der Waals surface area (Å²) in [6.45, 7) is 1.60. The molecule has 7 rings (SSSR count). The Morgan fingerprint density at radius 2 is 1.61 bits per heavy atom. The number of amidine groups is 1. The van der Waals surface area contributed by atoms with Gasteiger partial charge in [-0.1, -0.05) is 12.1 Å². The van der Waals surface area contributed by atoms with Crippen molar-refractivity contribution >= 4 is 41.1 Å². The van der Waals surface area contributed by atoms with Crippen molar-refractivity contribution in [2.45, 2.75) is 56.7 Å². The van der Waals surface area contributed by atoms with E-state index in [0.717, 1.165) is 48.3 Å². The maximum Gasteiger partial charge on any atom is 0.416 e. The van der Waals surface area contributed by atoms with Crippen LogP contribution in [-0.4, -0.2) is 79.3 Å². The minimum Gasteiger partial charge on any atom is -0.491 e. The molecule has 294 valence electrons. The Hall–Kier alpha value is -5.48. The molecule has 4 aliphatic rings. The summed E-state index contributed by atoms with van der Waals surface area (Å²) in [6.07, 6.45) is -1.27. The van der Waals surface area contributed by atoms with Crippen molar-refractivity contribution in [1.29, 1.82) is 0 Å². The predicted octanol–water partition coefficient (Wildman–Crippen LogP) is 5.72. The lowest BCUT2D eigenvalue weighted by atomic mass is 9.73. The van der Waals surface area contributed by atoms with Gasteiger partial charge in [0.1, 0.15) is 30.1 Å². The van der Waals surface area contributed by atoms with Crippen molar-refractivity contribution in [3.05, 3.63) is 94.3 Å². The first-order chi connectivity index (χ1) is 26.9. The molecule has 0 aromatic heterocycles. The molecule has 2 atom stereocenters. The first-order valence-corrected chi connectivity index (χ1v) is 18.4. The van der Waals surface area contributed by atoms with Crippen LogP contribution in [-0.2, 0) is 25.2 Å². The van der Waals surface area contributed by atoms with Crippen LogP contribution in [0.2, 0.25) is 0 Å². The molecule has 2 fully saturated rings. The molecule has 12 nitrogen and oxygen atoms in total. The number of rotatable bonds is 12. The second-order valence-corrected chi connectivity index (χ2v) is 14.2. The summed E-state index contributed by atoms with van der Waals surface area (Å²) >= 11 is 0. The second-order valence-electron chi connectivity index (χ2n) is 14.2. The lowest BCUT2D eigenvalue weighted by Gasteiger charge is -2.33. The summed E-state index contributed by atoms with van der Waals surface area (Å²) in [5.74, 6) is -2.88. The molecule has 3 aromatic carbocycles. The molecule has 5 amide bonds. The number of imide groups is 2. The molecule has 1 saturated carbocycles. The molecule has 1 saturated heterocycles. The Labute approximate surface area is 318 Å². The highest BCUT2D eigenvalue weighted by Gasteiger charge is 2.45. The van der Waals surface area contributed by atoms with Gasteiger partial charge in [0.15, 0.2) is 0 Å². The van der Waals surface area contributed by atoms with Gasteiger partial charge >= 0.3 is 6.18 Å². The van der Waals surface area contributed by atoms with E-state index in [1.807, 2.05) is 0 Å². The highest BCUT2D eigenvalue weighted by atomic mass is 19.4. The maximum absolute atomic E-state index is 14.1. The van der Waals surface area contributed by atoms with Crippen LogP contribution in [0.1, 0.15) is 86.6 Å². The van der Waals surface area contributed by atoms with Gasteiger partial charge in [-0.05, 0) is 98.0 Å². The number of piperidine rings is 1. The molecule has 0 radical (unpaired) electrons. The number of carbonyl (C=O) groups excluding carboxylic acids is 5. The Kier molecular flexibility index (Phi) is 11.3. The molecule has 3 aromatic rings. The molecule has 0 spiro atoms. The number of aliphatic imine (C=N–C) groups is 1.